The van der Waals surface area contributed by atoms with Crippen molar-refractivity contribution in [3.8, 4) is 5.69 Å². The Kier molecular flexibility index (Phi) is 6.17. The molecule has 29 heavy (non-hydrogen) atoms. The average molecular weight is 414 g/mol. The number of tetrazole rings is 1. The molecule has 9 heteroatoms. The molecular weight excluding hydrogens is 390 g/mol. The topological polar surface area (TPSA) is 91.9 Å². The highest BCUT2D eigenvalue weighted by Gasteiger charge is 2.17. The molecule has 3 rings (SSSR count). The van der Waals surface area contributed by atoms with Gasteiger partial charge in [-0.25, -0.2) is 0 Å². The van der Waals surface area contributed by atoms with Crippen LogP contribution in [0.15, 0.2) is 29.4 Å². The van der Waals surface area contributed by atoms with Gasteiger partial charge in [0.2, 0.25) is 10.9 Å². The van der Waals surface area contributed by atoms with Crippen LogP contribution in [-0.2, 0) is 16.6 Å². The molecule has 0 aliphatic carbocycles. The van der Waals surface area contributed by atoms with Crippen LogP contribution in [0.3, 0.4) is 0 Å². The summed E-state index contributed by atoms with van der Waals surface area (Å²) in [6, 6.07) is 7.80. The van der Waals surface area contributed by atoms with Crippen LogP contribution in [-0.4, -0.2) is 48.9 Å². The Morgan fingerprint density at radius 1 is 1.14 bits per heavy atom. The van der Waals surface area contributed by atoms with E-state index in [2.05, 4.69) is 15.5 Å². The third-order valence-electron chi connectivity index (χ3n) is 4.79. The molecule has 0 saturated carbocycles. The van der Waals surface area contributed by atoms with Crippen molar-refractivity contribution in [3.63, 3.8) is 0 Å². The number of ketones is 1. The summed E-state index contributed by atoms with van der Waals surface area (Å²) in [6.07, 6.45) is 0. The fourth-order valence-electron chi connectivity index (χ4n) is 2.89. The van der Waals surface area contributed by atoms with E-state index < -0.39 is 5.97 Å². The molecule has 0 aliphatic heterocycles. The molecule has 0 N–H and O–H groups in total. The monoisotopic (exact) mass is 413 g/mol. The Morgan fingerprint density at radius 2 is 1.90 bits per heavy atom. The number of carbonyl (C=O) groups is 2. The molecule has 2 heterocycles. The summed E-state index contributed by atoms with van der Waals surface area (Å²) in [6.45, 7) is 7.46. The number of carbonyl (C=O) groups excluding carboxylic acids is 2. The summed E-state index contributed by atoms with van der Waals surface area (Å²) in [5.74, 6) is -0.709. The van der Waals surface area contributed by atoms with Crippen LogP contribution < -0.4 is 0 Å². The number of ether oxygens (including phenoxy) is 1. The first-order valence-electron chi connectivity index (χ1n) is 9.08. The highest BCUT2D eigenvalue weighted by atomic mass is 32.2. The average Bonchev–Trinajstić information content (AvgIpc) is 3.26. The Balaban J connectivity index is 1.59. The number of aromatic nitrogens is 5. The number of rotatable bonds is 7. The van der Waals surface area contributed by atoms with E-state index in [-0.39, 0.29) is 18.1 Å². The van der Waals surface area contributed by atoms with Crippen LogP contribution >= 0.6 is 11.8 Å². The summed E-state index contributed by atoms with van der Waals surface area (Å²) in [5.41, 5.74) is 5.37. The van der Waals surface area contributed by atoms with Crippen LogP contribution in [0.25, 0.3) is 5.69 Å². The van der Waals surface area contributed by atoms with Crippen molar-refractivity contribution in [1.29, 1.82) is 0 Å². The third kappa shape index (κ3) is 4.56. The highest BCUT2D eigenvalue weighted by Crippen LogP contribution is 2.22. The normalized spacial score (nSPS) is 10.9. The number of Topliss-reactive ketones (excluding diaryl/α,β-unsaturated/α-hetero) is 1. The van der Waals surface area contributed by atoms with Gasteiger partial charge in [0.15, 0.2) is 6.61 Å². The molecule has 0 bridgehead atoms. The summed E-state index contributed by atoms with van der Waals surface area (Å²) in [5, 5.41) is 12.2. The van der Waals surface area contributed by atoms with Gasteiger partial charge in [0.25, 0.3) is 0 Å². The molecule has 0 aliphatic rings. The Hall–Kier alpha value is -2.94. The number of hydrogen-bond donors (Lipinski definition) is 0. The van der Waals surface area contributed by atoms with E-state index in [4.69, 9.17) is 4.74 Å². The first-order chi connectivity index (χ1) is 13.8. The lowest BCUT2D eigenvalue weighted by Crippen LogP contribution is -2.16. The van der Waals surface area contributed by atoms with E-state index >= 15 is 0 Å². The molecular formula is C20H23N5O3S. The van der Waals surface area contributed by atoms with Gasteiger partial charge in [-0.2, -0.15) is 4.68 Å². The third-order valence-corrected chi connectivity index (χ3v) is 5.69. The standard InChI is InChI=1S/C20H23N5O3S/c1-12-6-7-13(2)17(8-12)25-20(21-22-23-25)29-11-19(27)28-10-18(26)16-9-14(3)24(5)15(16)4/h6-9H,10-11H2,1-5H3. The highest BCUT2D eigenvalue weighted by molar-refractivity contribution is 7.99. The number of hydrogen-bond acceptors (Lipinski definition) is 7. The van der Waals surface area contributed by atoms with Gasteiger partial charge in [-0.3, -0.25) is 9.59 Å². The lowest BCUT2D eigenvalue weighted by Gasteiger charge is -2.08. The molecule has 0 fully saturated rings. The molecule has 0 amide bonds. The van der Waals surface area contributed by atoms with E-state index in [1.165, 1.54) is 11.8 Å². The van der Waals surface area contributed by atoms with Crippen molar-refractivity contribution in [2.45, 2.75) is 32.9 Å². The minimum Gasteiger partial charge on any atom is -0.457 e. The van der Waals surface area contributed by atoms with Gasteiger partial charge in [-0.05, 0) is 61.4 Å². The van der Waals surface area contributed by atoms with Crippen molar-refractivity contribution in [2.24, 2.45) is 7.05 Å². The van der Waals surface area contributed by atoms with Crippen molar-refractivity contribution in [2.75, 3.05) is 12.4 Å². The molecule has 0 spiro atoms. The largest absolute Gasteiger partial charge is 0.457 e. The zero-order valence-corrected chi connectivity index (χ0v) is 17.9. The number of nitrogens with zero attached hydrogens (tertiary/aromatic N) is 5. The van der Waals surface area contributed by atoms with Crippen molar-refractivity contribution < 1.29 is 14.3 Å². The quantitative estimate of drug-likeness (QED) is 0.334. The number of esters is 1. The fourth-order valence-corrected chi connectivity index (χ4v) is 3.58. The lowest BCUT2D eigenvalue weighted by atomic mass is 10.1. The maximum atomic E-state index is 12.3. The molecule has 0 unspecified atom stereocenters. The zero-order valence-electron chi connectivity index (χ0n) is 17.1. The van der Waals surface area contributed by atoms with Crippen LogP contribution in [0.5, 0.6) is 0 Å². The van der Waals surface area contributed by atoms with Gasteiger partial charge in [0.05, 0.1) is 11.4 Å². The van der Waals surface area contributed by atoms with E-state index in [0.29, 0.717) is 10.7 Å². The second kappa shape index (κ2) is 8.60. The first kappa shape index (κ1) is 20.8. The maximum absolute atomic E-state index is 12.3. The van der Waals surface area contributed by atoms with Crippen LogP contribution in [0, 0.1) is 27.7 Å². The number of benzene rings is 1. The van der Waals surface area contributed by atoms with Crippen LogP contribution in [0.4, 0.5) is 0 Å². The van der Waals surface area contributed by atoms with E-state index in [1.54, 1.807) is 10.7 Å². The van der Waals surface area contributed by atoms with Crippen molar-refractivity contribution in [1.82, 2.24) is 24.8 Å². The summed E-state index contributed by atoms with van der Waals surface area (Å²) < 4.78 is 8.68. The minimum absolute atomic E-state index is 0.00527. The smallest absolute Gasteiger partial charge is 0.316 e. The van der Waals surface area contributed by atoms with Crippen molar-refractivity contribution in [3.05, 3.63) is 52.3 Å². The van der Waals surface area contributed by atoms with Gasteiger partial charge in [0.1, 0.15) is 0 Å². The molecule has 1 aromatic carbocycles. The van der Waals surface area contributed by atoms with E-state index in [1.807, 2.05) is 57.5 Å². The Labute approximate surface area is 173 Å². The van der Waals surface area contributed by atoms with Crippen molar-refractivity contribution >= 4 is 23.5 Å². The Bertz CT molecular complexity index is 1070. The number of aryl methyl sites for hydroxylation is 3. The minimum atomic E-state index is -0.496. The molecule has 0 saturated heterocycles. The summed E-state index contributed by atoms with van der Waals surface area (Å²) >= 11 is 1.17. The second-order valence-corrected chi connectivity index (χ2v) is 7.82. The second-order valence-electron chi connectivity index (χ2n) is 6.88. The molecule has 0 radical (unpaired) electrons. The van der Waals surface area contributed by atoms with Crippen LogP contribution in [0.2, 0.25) is 0 Å². The number of thioether (sulfide) groups is 1. The van der Waals surface area contributed by atoms with Gasteiger partial charge >= 0.3 is 5.97 Å². The van der Waals surface area contributed by atoms with E-state index in [0.717, 1.165) is 28.2 Å². The van der Waals surface area contributed by atoms with Gasteiger partial charge in [0, 0.05) is 24.0 Å². The zero-order chi connectivity index (χ0) is 21.1. The molecule has 8 nitrogen and oxygen atoms in total. The van der Waals surface area contributed by atoms with Gasteiger partial charge < -0.3 is 9.30 Å². The predicted molar refractivity (Wildman–Crippen MR) is 110 cm³/mol. The molecule has 3 aromatic rings. The maximum Gasteiger partial charge on any atom is 0.316 e. The lowest BCUT2D eigenvalue weighted by molar-refractivity contribution is -0.139. The summed E-state index contributed by atoms with van der Waals surface area (Å²) in [7, 11) is 1.89. The van der Waals surface area contributed by atoms with Gasteiger partial charge in [-0.15, -0.1) is 5.10 Å². The molecule has 0 atom stereocenters. The van der Waals surface area contributed by atoms with E-state index in [9.17, 15) is 9.59 Å². The predicted octanol–water partition coefficient (Wildman–Crippen LogP) is 2.75. The van der Waals surface area contributed by atoms with Gasteiger partial charge in [-0.1, -0.05) is 23.9 Å². The summed E-state index contributed by atoms with van der Waals surface area (Å²) in [4.78, 5) is 24.5. The first-order valence-corrected chi connectivity index (χ1v) is 10.1. The molecule has 152 valence electrons. The molecule has 2 aromatic heterocycles. The SMILES string of the molecule is Cc1ccc(C)c(-n2nnnc2SCC(=O)OCC(=O)c2cc(C)n(C)c2C)c1. The van der Waals surface area contributed by atoms with Crippen LogP contribution in [0.1, 0.15) is 32.9 Å². The Morgan fingerprint density at radius 3 is 2.59 bits per heavy atom. The fraction of sp³-hybridized carbons (Fsp3) is 0.350.